The summed E-state index contributed by atoms with van der Waals surface area (Å²) in [5.74, 6) is -0.351. The zero-order valence-electron chi connectivity index (χ0n) is 20.7. The summed E-state index contributed by atoms with van der Waals surface area (Å²) in [6.07, 6.45) is 1.81. The summed E-state index contributed by atoms with van der Waals surface area (Å²) in [6, 6.07) is 15.0. The van der Waals surface area contributed by atoms with Gasteiger partial charge < -0.3 is 19.8 Å². The van der Waals surface area contributed by atoms with Gasteiger partial charge in [0.15, 0.2) is 0 Å². The van der Waals surface area contributed by atoms with Crippen molar-refractivity contribution in [2.75, 3.05) is 11.4 Å². The Bertz CT molecular complexity index is 1700. The number of halogens is 1. The Labute approximate surface area is 225 Å². The molecule has 198 valence electrons. The van der Waals surface area contributed by atoms with E-state index in [9.17, 15) is 32.9 Å². The van der Waals surface area contributed by atoms with E-state index in [1.807, 2.05) is 12.1 Å². The first-order chi connectivity index (χ1) is 18.7. The summed E-state index contributed by atoms with van der Waals surface area (Å²) < 4.78 is 45.5. The molecule has 1 aromatic heterocycles. The number of fused-ring (bicyclic) bond motifs is 1. The molecule has 0 atom stereocenters. The van der Waals surface area contributed by atoms with Crippen molar-refractivity contribution in [3.63, 3.8) is 0 Å². The third-order valence-corrected chi connectivity index (χ3v) is 7.54. The van der Waals surface area contributed by atoms with Gasteiger partial charge in [-0.3, -0.25) is 9.10 Å². The molecule has 5 rings (SSSR count). The summed E-state index contributed by atoms with van der Waals surface area (Å²) >= 11 is 0. The van der Waals surface area contributed by atoms with Crippen molar-refractivity contribution in [1.82, 2.24) is 5.32 Å². The maximum Gasteiger partial charge on any atom is 0.489 e. The molecule has 1 heterocycles. The standard InChI is InChI=1S/C27H23BFN3O6S/c1-31-27(33)25-22-12-21(15-2-3-15)18(11-24(22)38-26(25)16-4-6-19(29)7-5-16)14-32(39(36)37)20-8-9-23(28(34)35)17(10-20)13-30/h4-12,15,34-35,39H,2-3,14H2,1H3,(H,31,33). The van der Waals surface area contributed by atoms with Crippen LogP contribution in [0.2, 0.25) is 0 Å². The monoisotopic (exact) mass is 547 g/mol. The number of nitriles is 1. The lowest BCUT2D eigenvalue weighted by atomic mass is 9.77. The number of nitrogens with zero attached hydrogens (tertiary/aromatic N) is 2. The highest BCUT2D eigenvalue weighted by Crippen LogP contribution is 2.45. The second kappa shape index (κ2) is 10.5. The van der Waals surface area contributed by atoms with E-state index in [2.05, 4.69) is 5.32 Å². The minimum absolute atomic E-state index is 0.0342. The molecule has 1 saturated carbocycles. The average molecular weight is 547 g/mol. The quantitative estimate of drug-likeness (QED) is 0.196. The minimum atomic E-state index is -3.15. The Morgan fingerprint density at radius 2 is 1.90 bits per heavy atom. The zero-order valence-corrected chi connectivity index (χ0v) is 21.6. The van der Waals surface area contributed by atoms with Crippen LogP contribution in [0.5, 0.6) is 0 Å². The van der Waals surface area contributed by atoms with Gasteiger partial charge in [-0.2, -0.15) is 5.26 Å². The summed E-state index contributed by atoms with van der Waals surface area (Å²) in [5, 5.41) is 31.6. The van der Waals surface area contributed by atoms with Gasteiger partial charge in [-0.25, -0.2) is 12.8 Å². The van der Waals surface area contributed by atoms with Gasteiger partial charge in [0.1, 0.15) is 17.2 Å². The lowest BCUT2D eigenvalue weighted by Gasteiger charge is -2.21. The molecule has 0 unspecified atom stereocenters. The van der Waals surface area contributed by atoms with Crippen LogP contribution in [0.1, 0.15) is 45.8 Å². The van der Waals surface area contributed by atoms with Crippen LogP contribution in [0, 0.1) is 17.1 Å². The van der Waals surface area contributed by atoms with Crippen LogP contribution in [-0.4, -0.2) is 38.5 Å². The fourth-order valence-corrected chi connectivity index (χ4v) is 5.28. The summed E-state index contributed by atoms with van der Waals surface area (Å²) in [4.78, 5) is 12.9. The van der Waals surface area contributed by atoms with E-state index in [1.54, 1.807) is 6.07 Å². The minimum Gasteiger partial charge on any atom is -0.455 e. The van der Waals surface area contributed by atoms with Gasteiger partial charge in [-0.15, -0.1) is 0 Å². The van der Waals surface area contributed by atoms with Crippen molar-refractivity contribution >= 4 is 46.0 Å². The van der Waals surface area contributed by atoms with Gasteiger partial charge in [-0.1, -0.05) is 6.07 Å². The van der Waals surface area contributed by atoms with Gasteiger partial charge in [0, 0.05) is 18.0 Å². The highest BCUT2D eigenvalue weighted by molar-refractivity contribution is 7.74. The van der Waals surface area contributed by atoms with Crippen LogP contribution < -0.4 is 15.1 Å². The summed E-state index contributed by atoms with van der Waals surface area (Å²) in [7, 11) is -3.52. The maximum atomic E-state index is 13.6. The van der Waals surface area contributed by atoms with Crippen LogP contribution in [0.15, 0.2) is 59.0 Å². The third kappa shape index (κ3) is 5.12. The van der Waals surface area contributed by atoms with Crippen molar-refractivity contribution in [2.24, 2.45) is 0 Å². The fourth-order valence-electron chi connectivity index (χ4n) is 4.70. The molecule has 1 fully saturated rings. The van der Waals surface area contributed by atoms with E-state index in [0.717, 1.165) is 22.7 Å². The molecule has 1 amide bonds. The Kier molecular flexibility index (Phi) is 7.14. The van der Waals surface area contributed by atoms with Crippen molar-refractivity contribution in [3.05, 3.63) is 82.7 Å². The third-order valence-electron chi connectivity index (χ3n) is 6.78. The van der Waals surface area contributed by atoms with Crippen LogP contribution in [0.25, 0.3) is 22.3 Å². The zero-order chi connectivity index (χ0) is 27.8. The van der Waals surface area contributed by atoms with E-state index >= 15 is 0 Å². The molecule has 0 saturated heterocycles. The Morgan fingerprint density at radius 3 is 2.49 bits per heavy atom. The molecule has 9 nitrogen and oxygen atoms in total. The van der Waals surface area contributed by atoms with Crippen molar-refractivity contribution in [1.29, 1.82) is 5.26 Å². The molecule has 39 heavy (non-hydrogen) atoms. The molecular formula is C27H23BFN3O6S. The second-order valence-corrected chi connectivity index (χ2v) is 10.2. The fraction of sp³-hybridized carbons (Fsp3) is 0.185. The van der Waals surface area contributed by atoms with E-state index in [1.165, 1.54) is 49.5 Å². The smallest absolute Gasteiger partial charge is 0.455 e. The maximum absolute atomic E-state index is 13.6. The first kappa shape index (κ1) is 26.4. The highest BCUT2D eigenvalue weighted by atomic mass is 32.2. The molecule has 12 heteroatoms. The number of anilines is 1. The number of rotatable bonds is 8. The number of amides is 1. The first-order valence-corrected chi connectivity index (χ1v) is 13.2. The molecule has 0 spiro atoms. The van der Waals surface area contributed by atoms with Crippen molar-refractivity contribution in [2.45, 2.75) is 25.3 Å². The topological polar surface area (TPSA) is 144 Å². The SMILES string of the molecule is CNC(=O)c1c(-c2ccc(F)cc2)oc2cc(CN(c3ccc(B(O)O)c(C#N)c3)[SH](=O)=O)c(C3CC3)cc12. The predicted octanol–water partition coefficient (Wildman–Crippen LogP) is 2.56. The van der Waals surface area contributed by atoms with Crippen LogP contribution in [-0.2, 0) is 17.4 Å². The van der Waals surface area contributed by atoms with E-state index < -0.39 is 23.8 Å². The van der Waals surface area contributed by atoms with Crippen LogP contribution >= 0.6 is 0 Å². The number of carbonyl (C=O) groups is 1. The lowest BCUT2D eigenvalue weighted by Crippen LogP contribution is -2.33. The van der Waals surface area contributed by atoms with Gasteiger partial charge >= 0.3 is 7.12 Å². The molecule has 1 aliphatic rings. The largest absolute Gasteiger partial charge is 0.489 e. The first-order valence-electron chi connectivity index (χ1n) is 12.1. The average Bonchev–Trinajstić information content (AvgIpc) is 3.71. The summed E-state index contributed by atoms with van der Waals surface area (Å²) in [6.45, 7) is -0.0751. The van der Waals surface area contributed by atoms with Crippen molar-refractivity contribution < 1.29 is 32.1 Å². The number of furan rings is 1. The molecule has 1 aliphatic carbocycles. The Balaban J connectivity index is 1.64. The Morgan fingerprint density at radius 1 is 1.18 bits per heavy atom. The van der Waals surface area contributed by atoms with Gasteiger partial charge in [0.25, 0.3) is 5.91 Å². The van der Waals surface area contributed by atoms with E-state index in [-0.39, 0.29) is 40.8 Å². The van der Waals surface area contributed by atoms with Gasteiger partial charge in [0.05, 0.1) is 29.4 Å². The number of thiol groups is 1. The van der Waals surface area contributed by atoms with E-state index in [0.29, 0.717) is 27.7 Å². The normalized spacial score (nSPS) is 12.9. The molecule has 3 N–H and O–H groups in total. The molecule has 4 aromatic rings. The molecular weight excluding hydrogens is 524 g/mol. The second-order valence-electron chi connectivity index (χ2n) is 9.27. The molecule has 0 radical (unpaired) electrons. The van der Waals surface area contributed by atoms with E-state index in [4.69, 9.17) is 4.42 Å². The lowest BCUT2D eigenvalue weighted by molar-refractivity contribution is 0.0964. The summed E-state index contributed by atoms with van der Waals surface area (Å²) in [5.41, 5.74) is 2.81. The number of nitrogens with one attached hydrogen (secondary N) is 1. The Hall–Kier alpha value is -4.18. The molecule has 3 aromatic carbocycles. The van der Waals surface area contributed by atoms with Crippen LogP contribution in [0.3, 0.4) is 0 Å². The number of carbonyl (C=O) groups excluding carboxylic acids is 1. The molecule has 0 aliphatic heterocycles. The van der Waals surface area contributed by atoms with Crippen molar-refractivity contribution in [3.8, 4) is 17.4 Å². The van der Waals surface area contributed by atoms with Gasteiger partial charge in [-0.05, 0) is 83.9 Å². The van der Waals surface area contributed by atoms with Gasteiger partial charge in [0.2, 0.25) is 10.9 Å². The molecule has 0 bridgehead atoms. The number of hydrogen-bond donors (Lipinski definition) is 4. The number of hydrogen-bond acceptors (Lipinski definition) is 7. The number of benzene rings is 3. The van der Waals surface area contributed by atoms with Crippen LogP contribution in [0.4, 0.5) is 10.1 Å². The predicted molar refractivity (Wildman–Crippen MR) is 144 cm³/mol. The highest BCUT2D eigenvalue weighted by Gasteiger charge is 2.30.